The Balaban J connectivity index is 1.92. The van der Waals surface area contributed by atoms with Crippen LogP contribution in [0.25, 0.3) is 26.6 Å². The minimum Gasteiger partial charge on any atom is -0.218 e. The second-order valence-electron chi connectivity index (χ2n) is 4.91. The predicted octanol–water partition coefficient (Wildman–Crippen LogP) is 4.46. The molecule has 0 unspecified atom stereocenters. The minimum absolute atomic E-state index is 0.906. The average molecular weight is 291 g/mol. The van der Waals surface area contributed by atoms with Gasteiger partial charge in [-0.25, -0.2) is 9.67 Å². The summed E-state index contributed by atoms with van der Waals surface area (Å²) in [6.07, 6.45) is 0. The molecule has 21 heavy (non-hydrogen) atoms. The van der Waals surface area contributed by atoms with Crippen LogP contribution in [0.1, 0.15) is 5.69 Å². The van der Waals surface area contributed by atoms with Crippen molar-refractivity contribution in [3.8, 4) is 16.4 Å². The molecule has 102 valence electrons. The number of hydrogen-bond acceptors (Lipinski definition) is 3. The van der Waals surface area contributed by atoms with E-state index in [0.717, 1.165) is 27.6 Å². The summed E-state index contributed by atoms with van der Waals surface area (Å²) in [6, 6.07) is 20.6. The summed E-state index contributed by atoms with van der Waals surface area (Å²) in [5.41, 5.74) is 4.24. The van der Waals surface area contributed by atoms with Gasteiger partial charge in [0.25, 0.3) is 0 Å². The van der Waals surface area contributed by atoms with Crippen LogP contribution in [0.15, 0.2) is 60.7 Å². The standard InChI is InChI=1S/C17H13N3S/c1-12-11-15(13-7-3-2-4-8-13)20(19-12)17-18-14-9-5-6-10-16(14)21-17/h2-11H,1H3. The van der Waals surface area contributed by atoms with Crippen LogP contribution in [0, 0.1) is 6.92 Å². The van der Waals surface area contributed by atoms with Crippen LogP contribution in [-0.2, 0) is 0 Å². The number of para-hydroxylation sites is 1. The Bertz CT molecular complexity index is 873. The van der Waals surface area contributed by atoms with Gasteiger partial charge in [0.2, 0.25) is 5.13 Å². The first kappa shape index (κ1) is 12.3. The zero-order valence-electron chi connectivity index (χ0n) is 11.5. The Labute approximate surface area is 126 Å². The molecule has 0 saturated heterocycles. The normalized spacial score (nSPS) is 11.1. The van der Waals surface area contributed by atoms with Gasteiger partial charge in [0, 0.05) is 5.56 Å². The van der Waals surface area contributed by atoms with E-state index in [-0.39, 0.29) is 0 Å². The Morgan fingerprint density at radius 2 is 1.71 bits per heavy atom. The molecule has 0 N–H and O–H groups in total. The van der Waals surface area contributed by atoms with Crippen LogP contribution in [0.5, 0.6) is 0 Å². The summed E-state index contributed by atoms with van der Waals surface area (Å²) in [4.78, 5) is 4.70. The molecule has 0 bridgehead atoms. The molecule has 0 atom stereocenters. The van der Waals surface area contributed by atoms with Crippen LogP contribution in [-0.4, -0.2) is 14.8 Å². The van der Waals surface area contributed by atoms with Gasteiger partial charge in [-0.15, -0.1) is 0 Å². The Morgan fingerprint density at radius 3 is 2.52 bits per heavy atom. The van der Waals surface area contributed by atoms with Crippen LogP contribution < -0.4 is 0 Å². The molecule has 2 aromatic carbocycles. The monoisotopic (exact) mass is 291 g/mol. The van der Waals surface area contributed by atoms with Gasteiger partial charge in [0.1, 0.15) is 0 Å². The molecule has 0 aliphatic heterocycles. The number of nitrogens with zero attached hydrogens (tertiary/aromatic N) is 3. The van der Waals surface area contributed by atoms with E-state index < -0.39 is 0 Å². The first-order valence-corrected chi connectivity index (χ1v) is 7.61. The molecular formula is C17H13N3S. The fourth-order valence-corrected chi connectivity index (χ4v) is 3.34. The SMILES string of the molecule is Cc1cc(-c2ccccc2)n(-c2nc3ccccc3s2)n1. The topological polar surface area (TPSA) is 30.7 Å². The summed E-state index contributed by atoms with van der Waals surface area (Å²) in [5.74, 6) is 0. The van der Waals surface area contributed by atoms with Gasteiger partial charge in [-0.3, -0.25) is 0 Å². The van der Waals surface area contributed by atoms with Crippen LogP contribution in [0.2, 0.25) is 0 Å². The maximum Gasteiger partial charge on any atom is 0.212 e. The van der Waals surface area contributed by atoms with E-state index in [1.165, 1.54) is 4.70 Å². The van der Waals surface area contributed by atoms with Gasteiger partial charge in [0.15, 0.2) is 0 Å². The predicted molar refractivity (Wildman–Crippen MR) is 86.9 cm³/mol. The summed E-state index contributed by atoms with van der Waals surface area (Å²) in [6.45, 7) is 2.01. The maximum absolute atomic E-state index is 4.70. The molecule has 4 rings (SSSR count). The molecule has 4 aromatic rings. The highest BCUT2D eigenvalue weighted by Crippen LogP contribution is 2.29. The van der Waals surface area contributed by atoms with Crippen molar-refractivity contribution in [2.45, 2.75) is 6.92 Å². The molecule has 0 aliphatic carbocycles. The zero-order valence-corrected chi connectivity index (χ0v) is 12.3. The number of aryl methyl sites for hydroxylation is 1. The quantitative estimate of drug-likeness (QED) is 0.546. The molecule has 2 aromatic heterocycles. The average Bonchev–Trinajstić information content (AvgIpc) is 3.11. The molecule has 0 spiro atoms. The van der Waals surface area contributed by atoms with Gasteiger partial charge in [-0.2, -0.15) is 5.10 Å². The number of fused-ring (bicyclic) bond motifs is 1. The lowest BCUT2D eigenvalue weighted by molar-refractivity contribution is 0.862. The Morgan fingerprint density at radius 1 is 0.952 bits per heavy atom. The molecule has 0 amide bonds. The summed E-state index contributed by atoms with van der Waals surface area (Å²) in [7, 11) is 0. The van der Waals surface area contributed by atoms with E-state index in [4.69, 9.17) is 4.98 Å². The second-order valence-corrected chi connectivity index (χ2v) is 5.92. The lowest BCUT2D eigenvalue weighted by Crippen LogP contribution is -1.98. The van der Waals surface area contributed by atoms with Crippen molar-refractivity contribution >= 4 is 21.6 Å². The lowest BCUT2D eigenvalue weighted by atomic mass is 10.1. The van der Waals surface area contributed by atoms with Crippen LogP contribution in [0.3, 0.4) is 0 Å². The van der Waals surface area contributed by atoms with E-state index in [1.807, 2.05) is 48.0 Å². The summed E-state index contributed by atoms with van der Waals surface area (Å²) >= 11 is 1.66. The van der Waals surface area contributed by atoms with Crippen LogP contribution >= 0.6 is 11.3 Å². The van der Waals surface area contributed by atoms with Gasteiger partial charge in [0.05, 0.1) is 21.6 Å². The largest absolute Gasteiger partial charge is 0.218 e. The highest BCUT2D eigenvalue weighted by molar-refractivity contribution is 7.20. The lowest BCUT2D eigenvalue weighted by Gasteiger charge is -2.03. The molecule has 3 nitrogen and oxygen atoms in total. The molecule has 0 aliphatic rings. The van der Waals surface area contributed by atoms with Crippen molar-refractivity contribution in [3.05, 3.63) is 66.4 Å². The van der Waals surface area contributed by atoms with E-state index >= 15 is 0 Å². The van der Waals surface area contributed by atoms with E-state index in [0.29, 0.717) is 0 Å². The number of hydrogen-bond donors (Lipinski definition) is 0. The van der Waals surface area contributed by atoms with Gasteiger partial charge in [-0.1, -0.05) is 53.8 Å². The number of rotatable bonds is 2. The molecule has 2 heterocycles. The number of thiazole rings is 1. The molecular weight excluding hydrogens is 278 g/mol. The summed E-state index contributed by atoms with van der Waals surface area (Å²) < 4.78 is 3.12. The second kappa shape index (κ2) is 4.82. The zero-order chi connectivity index (χ0) is 14.2. The number of benzene rings is 2. The third-order valence-corrected chi connectivity index (χ3v) is 4.38. The van der Waals surface area contributed by atoms with Gasteiger partial charge < -0.3 is 0 Å². The third kappa shape index (κ3) is 2.14. The number of aromatic nitrogens is 3. The fourth-order valence-electron chi connectivity index (χ4n) is 2.41. The Hall–Kier alpha value is -2.46. The molecule has 0 saturated carbocycles. The van der Waals surface area contributed by atoms with Crippen molar-refractivity contribution in [1.29, 1.82) is 0 Å². The van der Waals surface area contributed by atoms with Crippen molar-refractivity contribution in [2.75, 3.05) is 0 Å². The van der Waals surface area contributed by atoms with E-state index in [2.05, 4.69) is 29.4 Å². The Kier molecular flexibility index (Phi) is 2.82. The molecule has 4 heteroatoms. The first-order chi connectivity index (χ1) is 10.3. The van der Waals surface area contributed by atoms with Crippen molar-refractivity contribution in [1.82, 2.24) is 14.8 Å². The molecule has 0 radical (unpaired) electrons. The summed E-state index contributed by atoms with van der Waals surface area (Å²) in [5, 5.41) is 5.52. The molecule has 0 fully saturated rings. The van der Waals surface area contributed by atoms with E-state index in [9.17, 15) is 0 Å². The van der Waals surface area contributed by atoms with Crippen molar-refractivity contribution < 1.29 is 0 Å². The minimum atomic E-state index is 0.906. The van der Waals surface area contributed by atoms with Gasteiger partial charge in [-0.05, 0) is 25.1 Å². The highest BCUT2D eigenvalue weighted by Gasteiger charge is 2.13. The fraction of sp³-hybridized carbons (Fsp3) is 0.0588. The highest BCUT2D eigenvalue weighted by atomic mass is 32.1. The smallest absolute Gasteiger partial charge is 0.212 e. The van der Waals surface area contributed by atoms with E-state index in [1.54, 1.807) is 11.3 Å². The first-order valence-electron chi connectivity index (χ1n) is 6.79. The van der Waals surface area contributed by atoms with Gasteiger partial charge >= 0.3 is 0 Å². The van der Waals surface area contributed by atoms with Crippen LogP contribution in [0.4, 0.5) is 0 Å². The van der Waals surface area contributed by atoms with Crippen molar-refractivity contribution in [3.63, 3.8) is 0 Å². The third-order valence-electron chi connectivity index (χ3n) is 3.36. The maximum atomic E-state index is 4.70. The van der Waals surface area contributed by atoms with Crippen molar-refractivity contribution in [2.24, 2.45) is 0 Å².